The number of rotatable bonds is 7. The normalized spacial score (nSPS) is 21.4. The molecule has 0 saturated heterocycles. The third kappa shape index (κ3) is 4.43. The van der Waals surface area contributed by atoms with Crippen molar-refractivity contribution < 1.29 is 36.3 Å². The van der Waals surface area contributed by atoms with Crippen molar-refractivity contribution in [3.63, 3.8) is 0 Å². The maximum absolute atomic E-state index is 12.6. The summed E-state index contributed by atoms with van der Waals surface area (Å²) in [6.45, 7) is 15.9. The van der Waals surface area contributed by atoms with E-state index in [2.05, 4.69) is 9.98 Å². The number of aliphatic hydroxyl groups excluding tert-OH is 2. The Labute approximate surface area is 194 Å². The van der Waals surface area contributed by atoms with E-state index in [4.69, 9.17) is 0 Å². The van der Waals surface area contributed by atoms with Crippen LogP contribution in [0, 0.1) is 0 Å². The minimum absolute atomic E-state index is 0. The maximum atomic E-state index is 12.6. The van der Waals surface area contributed by atoms with Crippen molar-refractivity contribution in [2.45, 2.75) is 66.5 Å². The van der Waals surface area contributed by atoms with Crippen LogP contribution in [-0.4, -0.2) is 80.5 Å². The van der Waals surface area contributed by atoms with Gasteiger partial charge in [0, 0.05) is 41.0 Å². The number of nitrogens with zero attached hydrogens (tertiary/aromatic N) is 4. The first-order valence-corrected chi connectivity index (χ1v) is 10.4. The summed E-state index contributed by atoms with van der Waals surface area (Å²) < 4.78 is 0. The minimum Gasteiger partial charge on any atom is -0.509 e. The van der Waals surface area contributed by atoms with Gasteiger partial charge in [0.1, 0.15) is 22.7 Å². The molecule has 0 fully saturated rings. The molecular weight excluding hydrogens is 443 g/mol. The number of likely N-dealkylation sites (N-methyl/N-ethyl adjacent to an activating group) is 2. The Hall–Kier alpha value is -2.15. The van der Waals surface area contributed by atoms with Crippen molar-refractivity contribution in [3.05, 3.63) is 22.7 Å². The van der Waals surface area contributed by atoms with Crippen molar-refractivity contribution in [2.75, 3.05) is 26.2 Å². The van der Waals surface area contributed by atoms with Gasteiger partial charge in [0.25, 0.3) is 11.8 Å². The van der Waals surface area contributed by atoms with Gasteiger partial charge in [-0.2, -0.15) is 0 Å². The van der Waals surface area contributed by atoms with Crippen LogP contribution in [0.15, 0.2) is 32.6 Å². The second kappa shape index (κ2) is 9.55. The summed E-state index contributed by atoms with van der Waals surface area (Å²) in [4.78, 5) is 37.3. The number of aliphatic imine (C=N–C) groups is 2. The maximum Gasteiger partial charge on any atom is 0.260 e. The van der Waals surface area contributed by atoms with Gasteiger partial charge in [-0.25, -0.2) is 0 Å². The van der Waals surface area contributed by atoms with E-state index >= 15 is 0 Å². The fourth-order valence-electron chi connectivity index (χ4n) is 4.17. The zero-order valence-corrected chi connectivity index (χ0v) is 20.6. The van der Waals surface area contributed by atoms with Crippen LogP contribution in [-0.2, 0) is 26.1 Å². The summed E-state index contributed by atoms with van der Waals surface area (Å²) in [5, 5.41) is 21.1. The molecule has 8 nitrogen and oxygen atoms in total. The number of carbonyl (C=O) groups is 2. The molecule has 0 saturated carbocycles. The van der Waals surface area contributed by atoms with Gasteiger partial charge >= 0.3 is 0 Å². The van der Waals surface area contributed by atoms with Gasteiger partial charge in [-0.1, -0.05) is 0 Å². The van der Waals surface area contributed by atoms with Crippen LogP contribution in [0.2, 0.25) is 0 Å². The first-order valence-electron chi connectivity index (χ1n) is 10.4. The molecule has 176 valence electrons. The molecule has 0 atom stereocenters. The van der Waals surface area contributed by atoms with E-state index in [1.165, 1.54) is 0 Å². The van der Waals surface area contributed by atoms with E-state index in [-0.39, 0.29) is 51.0 Å². The van der Waals surface area contributed by atoms with Gasteiger partial charge in [0.15, 0.2) is 0 Å². The van der Waals surface area contributed by atoms with Crippen LogP contribution in [0.25, 0.3) is 0 Å². The minimum atomic E-state index is -0.753. The van der Waals surface area contributed by atoms with Crippen molar-refractivity contribution in [1.82, 2.24) is 9.80 Å². The second-order valence-electron chi connectivity index (χ2n) is 8.60. The van der Waals surface area contributed by atoms with E-state index in [0.717, 1.165) is 0 Å². The van der Waals surface area contributed by atoms with Crippen LogP contribution >= 0.6 is 0 Å². The Balaban J connectivity index is 0.00000480. The Kier molecular flexibility index (Phi) is 8.29. The number of aliphatic hydroxyl groups is 2. The molecule has 2 heterocycles. The Bertz CT molecular complexity index is 812. The Morgan fingerprint density at radius 1 is 0.774 bits per heavy atom. The molecule has 2 rings (SSSR count). The Morgan fingerprint density at radius 2 is 1.06 bits per heavy atom. The van der Waals surface area contributed by atoms with Crippen molar-refractivity contribution in [2.24, 2.45) is 9.98 Å². The van der Waals surface area contributed by atoms with Gasteiger partial charge in [-0.15, -0.1) is 0 Å². The molecule has 2 N–H and O–H groups in total. The van der Waals surface area contributed by atoms with Gasteiger partial charge in [-0.05, 0) is 55.4 Å². The zero-order valence-electron chi connectivity index (χ0n) is 19.6. The second-order valence-corrected chi connectivity index (χ2v) is 8.60. The predicted octanol–water partition coefficient (Wildman–Crippen LogP) is 2.81. The van der Waals surface area contributed by atoms with Crippen molar-refractivity contribution >= 4 is 23.2 Å². The largest absolute Gasteiger partial charge is 0.509 e. The van der Waals surface area contributed by atoms with E-state index in [0.29, 0.717) is 37.6 Å². The molecule has 0 spiro atoms. The average molecular weight is 477 g/mol. The van der Waals surface area contributed by atoms with Crippen molar-refractivity contribution in [1.29, 1.82) is 0 Å². The van der Waals surface area contributed by atoms with E-state index in [1.807, 2.05) is 13.8 Å². The molecule has 0 unspecified atom stereocenters. The molecule has 0 aromatic heterocycles. The average Bonchev–Trinajstić information content (AvgIpc) is 2.93. The smallest absolute Gasteiger partial charge is 0.260 e. The summed E-state index contributed by atoms with van der Waals surface area (Å²) in [5.41, 5.74) is -0.0867. The van der Waals surface area contributed by atoms with Gasteiger partial charge in [0.05, 0.1) is 24.2 Å². The molecule has 2 aliphatic rings. The van der Waals surface area contributed by atoms with E-state index in [1.54, 1.807) is 51.3 Å². The van der Waals surface area contributed by atoms with Crippen LogP contribution < -0.4 is 0 Å². The van der Waals surface area contributed by atoms with Gasteiger partial charge in [0.2, 0.25) is 0 Å². The van der Waals surface area contributed by atoms with Crippen LogP contribution in [0.1, 0.15) is 55.4 Å². The number of hydrogen-bond acceptors (Lipinski definition) is 6. The van der Waals surface area contributed by atoms with Gasteiger partial charge in [-0.3, -0.25) is 19.6 Å². The predicted molar refractivity (Wildman–Crippen MR) is 118 cm³/mol. The zero-order chi connectivity index (χ0) is 23.0. The summed E-state index contributed by atoms with van der Waals surface area (Å²) in [6, 6.07) is 0. The fourth-order valence-corrected chi connectivity index (χ4v) is 4.17. The summed E-state index contributed by atoms with van der Waals surface area (Å²) in [5.74, 6) is -0.392. The molecule has 0 aromatic carbocycles. The molecular formula is C22H34N4NiO4. The van der Waals surface area contributed by atoms with E-state index < -0.39 is 11.1 Å². The fraction of sp³-hybridized carbons (Fsp3) is 0.636. The molecule has 31 heavy (non-hydrogen) atoms. The molecule has 9 heteroatoms. The van der Waals surface area contributed by atoms with Crippen LogP contribution in [0.5, 0.6) is 0 Å². The first kappa shape index (κ1) is 26.9. The topological polar surface area (TPSA) is 106 Å². The molecule has 2 amide bonds. The standard InChI is InChI=1S/C22H34N4O4.Ni/c1-9-25-19(29)15(17(27)21(25,5)6)13(3)23-11-12-24-14(4)16-18(28)22(7,8)26(10-2)20(16)30;/h27-28H,9-12H2,1-8H3;. The molecule has 2 aliphatic heterocycles. The molecule has 0 bridgehead atoms. The van der Waals surface area contributed by atoms with Gasteiger partial charge < -0.3 is 20.0 Å². The number of carbonyl (C=O) groups excluding carboxylic acids is 2. The molecule has 0 aromatic rings. The summed E-state index contributed by atoms with van der Waals surface area (Å²) in [7, 11) is 0. The summed E-state index contributed by atoms with van der Waals surface area (Å²) in [6.07, 6.45) is 0. The van der Waals surface area contributed by atoms with Crippen molar-refractivity contribution in [3.8, 4) is 0 Å². The number of amides is 2. The summed E-state index contributed by atoms with van der Waals surface area (Å²) >= 11 is 0. The van der Waals surface area contributed by atoms with Crippen LogP contribution in [0.3, 0.4) is 0 Å². The molecule has 0 aliphatic carbocycles. The Morgan fingerprint density at radius 3 is 1.29 bits per heavy atom. The van der Waals surface area contributed by atoms with Crippen LogP contribution in [0.4, 0.5) is 0 Å². The third-order valence-corrected chi connectivity index (χ3v) is 6.05. The first-order chi connectivity index (χ1) is 13.8. The molecule has 0 radical (unpaired) electrons. The quantitative estimate of drug-likeness (QED) is 0.334. The third-order valence-electron chi connectivity index (χ3n) is 6.05. The monoisotopic (exact) mass is 476 g/mol. The van der Waals surface area contributed by atoms with E-state index in [9.17, 15) is 19.8 Å². The SMILES string of the molecule is CCN1C(=O)C(C(C)=NCCN=C(C)C2=C(O)C(C)(C)N(CC)C2=O)=C(O)C1(C)C.[Ni]. The number of hydrogen-bond donors (Lipinski definition) is 2.